The second kappa shape index (κ2) is 5.31. The maximum Gasteiger partial charge on any atom is 0.243 e. The Balaban J connectivity index is 2.08. The van der Waals surface area contributed by atoms with E-state index in [9.17, 15) is 4.79 Å². The molecule has 2 rings (SSSR count). The van der Waals surface area contributed by atoms with E-state index in [0.717, 1.165) is 5.56 Å². The normalized spacial score (nSPS) is 24.2. The molecule has 0 aliphatic carbocycles. The van der Waals surface area contributed by atoms with E-state index in [-0.39, 0.29) is 11.9 Å². The van der Waals surface area contributed by atoms with Crippen molar-refractivity contribution in [1.82, 2.24) is 5.32 Å². The Morgan fingerprint density at radius 1 is 1.47 bits per heavy atom. The van der Waals surface area contributed by atoms with Gasteiger partial charge in [0.2, 0.25) is 5.91 Å². The first-order chi connectivity index (χ1) is 8.92. The monoisotopic (exact) mass is 262 g/mol. The Morgan fingerprint density at radius 3 is 2.79 bits per heavy atom. The molecule has 0 aromatic heterocycles. The minimum atomic E-state index is -0.868. The van der Waals surface area contributed by atoms with Crippen LogP contribution in [0.15, 0.2) is 18.2 Å². The molecule has 2 atom stereocenters. The molecule has 4 heteroatoms. The first kappa shape index (κ1) is 14.0. The second-order valence-electron chi connectivity index (χ2n) is 5.51. The lowest BCUT2D eigenvalue weighted by atomic mass is 9.96. The number of aryl methyl sites for hydroxylation is 2. The van der Waals surface area contributed by atoms with Gasteiger partial charge in [0.15, 0.2) is 0 Å². The van der Waals surface area contributed by atoms with Gasteiger partial charge in [0.25, 0.3) is 0 Å². The van der Waals surface area contributed by atoms with Crippen LogP contribution in [0.4, 0.5) is 0 Å². The van der Waals surface area contributed by atoms with E-state index in [0.29, 0.717) is 19.6 Å². The van der Waals surface area contributed by atoms with Crippen LogP contribution in [0.5, 0.6) is 0 Å². The van der Waals surface area contributed by atoms with Crippen molar-refractivity contribution in [3.05, 3.63) is 34.9 Å². The number of carbonyl (C=O) groups is 1. The van der Waals surface area contributed by atoms with Gasteiger partial charge in [-0.1, -0.05) is 23.8 Å². The van der Waals surface area contributed by atoms with Crippen LogP contribution >= 0.6 is 0 Å². The summed E-state index contributed by atoms with van der Waals surface area (Å²) in [6.45, 7) is 6.96. The highest BCUT2D eigenvalue weighted by Crippen LogP contribution is 2.21. The van der Waals surface area contributed by atoms with Crippen molar-refractivity contribution in [1.29, 1.82) is 0 Å². The number of ether oxygens (including phenoxy) is 1. The minimum absolute atomic E-state index is 0.0471. The summed E-state index contributed by atoms with van der Waals surface area (Å²) < 4.78 is 5.22. The summed E-state index contributed by atoms with van der Waals surface area (Å²) >= 11 is 0. The minimum Gasteiger partial charge on any atom is -0.379 e. The summed E-state index contributed by atoms with van der Waals surface area (Å²) in [4.78, 5) is 12.2. The predicted octanol–water partition coefficient (Wildman–Crippen LogP) is 1.60. The van der Waals surface area contributed by atoms with Crippen molar-refractivity contribution in [3.63, 3.8) is 0 Å². The maximum absolute atomic E-state index is 12.2. The Hall–Kier alpha value is -1.39. The number of hydrogen-bond acceptors (Lipinski definition) is 3. The van der Waals surface area contributed by atoms with E-state index in [1.165, 1.54) is 11.1 Å². The first-order valence-electron chi connectivity index (χ1n) is 6.67. The average Bonchev–Trinajstić information content (AvgIpc) is 2.77. The first-order valence-corrected chi connectivity index (χ1v) is 6.67. The Kier molecular flexibility index (Phi) is 3.92. The third-order valence-corrected chi connectivity index (χ3v) is 3.74. The number of benzene rings is 1. The lowest BCUT2D eigenvalue weighted by Crippen LogP contribution is -2.54. The van der Waals surface area contributed by atoms with E-state index in [1.54, 1.807) is 0 Å². The van der Waals surface area contributed by atoms with Gasteiger partial charge in [-0.15, -0.1) is 0 Å². The second-order valence-corrected chi connectivity index (χ2v) is 5.51. The fourth-order valence-electron chi connectivity index (χ4n) is 2.49. The van der Waals surface area contributed by atoms with Gasteiger partial charge in [-0.2, -0.15) is 0 Å². The molecule has 1 aromatic rings. The molecule has 19 heavy (non-hydrogen) atoms. The van der Waals surface area contributed by atoms with Crippen LogP contribution in [0.2, 0.25) is 0 Å². The number of rotatable bonds is 3. The van der Waals surface area contributed by atoms with Gasteiger partial charge in [0, 0.05) is 6.61 Å². The molecule has 1 heterocycles. The van der Waals surface area contributed by atoms with Crippen molar-refractivity contribution in [2.45, 2.75) is 38.8 Å². The molecule has 0 spiro atoms. The molecule has 1 saturated heterocycles. The highest BCUT2D eigenvalue weighted by molar-refractivity contribution is 5.86. The molecule has 0 saturated carbocycles. The van der Waals surface area contributed by atoms with E-state index >= 15 is 0 Å². The molecule has 3 N–H and O–H groups in total. The topological polar surface area (TPSA) is 64.4 Å². The van der Waals surface area contributed by atoms with Crippen LogP contribution in [0.1, 0.15) is 36.1 Å². The summed E-state index contributed by atoms with van der Waals surface area (Å²) in [6.07, 6.45) is 0.582. The quantitative estimate of drug-likeness (QED) is 0.869. The van der Waals surface area contributed by atoms with Crippen molar-refractivity contribution >= 4 is 5.91 Å². The van der Waals surface area contributed by atoms with E-state index in [1.807, 2.05) is 6.92 Å². The zero-order chi connectivity index (χ0) is 14.0. The summed E-state index contributed by atoms with van der Waals surface area (Å²) in [6, 6.07) is 6.19. The number of nitrogens with one attached hydrogen (secondary N) is 1. The number of hydrogen-bond donors (Lipinski definition) is 2. The highest BCUT2D eigenvalue weighted by Gasteiger charge is 2.38. The van der Waals surface area contributed by atoms with Gasteiger partial charge in [0.05, 0.1) is 12.6 Å². The van der Waals surface area contributed by atoms with Crippen LogP contribution in [-0.2, 0) is 9.53 Å². The fourth-order valence-corrected chi connectivity index (χ4v) is 2.49. The number of amides is 1. The smallest absolute Gasteiger partial charge is 0.243 e. The highest BCUT2D eigenvalue weighted by atomic mass is 16.5. The van der Waals surface area contributed by atoms with Crippen LogP contribution in [0.25, 0.3) is 0 Å². The van der Waals surface area contributed by atoms with E-state index in [4.69, 9.17) is 10.5 Å². The standard InChI is InChI=1S/C15H22N2O2/c1-10-4-5-13(11(2)8-10)12(3)17-14(18)15(16)6-7-19-9-15/h4-5,8,12H,6-7,9,16H2,1-3H3,(H,17,18). The SMILES string of the molecule is Cc1ccc(C(C)NC(=O)C2(N)CCOC2)c(C)c1. The predicted molar refractivity (Wildman–Crippen MR) is 74.8 cm³/mol. The molecule has 1 fully saturated rings. The number of carbonyl (C=O) groups excluding carboxylic acids is 1. The molecule has 0 radical (unpaired) electrons. The molecular formula is C15H22N2O2. The van der Waals surface area contributed by atoms with Gasteiger partial charge >= 0.3 is 0 Å². The molecule has 0 bridgehead atoms. The fraction of sp³-hybridized carbons (Fsp3) is 0.533. The van der Waals surface area contributed by atoms with Crippen molar-refractivity contribution in [2.24, 2.45) is 5.73 Å². The zero-order valence-electron chi connectivity index (χ0n) is 11.8. The molecular weight excluding hydrogens is 240 g/mol. The van der Waals surface area contributed by atoms with Crippen LogP contribution < -0.4 is 11.1 Å². The molecule has 2 unspecified atom stereocenters. The van der Waals surface area contributed by atoms with Crippen LogP contribution in [-0.4, -0.2) is 24.7 Å². The summed E-state index contributed by atoms with van der Waals surface area (Å²) in [5.74, 6) is -0.127. The lowest BCUT2D eigenvalue weighted by Gasteiger charge is -2.24. The van der Waals surface area contributed by atoms with Gasteiger partial charge in [-0.05, 0) is 38.3 Å². The third-order valence-electron chi connectivity index (χ3n) is 3.74. The largest absolute Gasteiger partial charge is 0.379 e. The summed E-state index contributed by atoms with van der Waals surface area (Å²) in [5.41, 5.74) is 8.72. The van der Waals surface area contributed by atoms with Gasteiger partial charge < -0.3 is 15.8 Å². The van der Waals surface area contributed by atoms with Crippen molar-refractivity contribution < 1.29 is 9.53 Å². The molecule has 4 nitrogen and oxygen atoms in total. The molecule has 1 aromatic carbocycles. The maximum atomic E-state index is 12.2. The van der Waals surface area contributed by atoms with Crippen molar-refractivity contribution in [3.8, 4) is 0 Å². The molecule has 104 valence electrons. The van der Waals surface area contributed by atoms with E-state index < -0.39 is 5.54 Å². The van der Waals surface area contributed by atoms with Crippen molar-refractivity contribution in [2.75, 3.05) is 13.2 Å². The molecule has 1 aliphatic heterocycles. The molecule has 1 aliphatic rings. The van der Waals surface area contributed by atoms with Gasteiger partial charge in [0.1, 0.15) is 5.54 Å². The van der Waals surface area contributed by atoms with Gasteiger partial charge in [-0.25, -0.2) is 0 Å². The lowest BCUT2D eigenvalue weighted by molar-refractivity contribution is -0.127. The Bertz CT molecular complexity index is 479. The summed E-state index contributed by atoms with van der Waals surface area (Å²) in [5, 5.41) is 2.99. The van der Waals surface area contributed by atoms with Gasteiger partial charge in [-0.3, -0.25) is 4.79 Å². The third kappa shape index (κ3) is 2.96. The Morgan fingerprint density at radius 2 is 2.21 bits per heavy atom. The number of nitrogens with two attached hydrogens (primary N) is 1. The van der Waals surface area contributed by atoms with Crippen LogP contribution in [0, 0.1) is 13.8 Å². The van der Waals surface area contributed by atoms with E-state index in [2.05, 4.69) is 37.4 Å². The average molecular weight is 262 g/mol. The summed E-state index contributed by atoms with van der Waals surface area (Å²) in [7, 11) is 0. The zero-order valence-corrected chi connectivity index (χ0v) is 11.8. The Labute approximate surface area is 114 Å². The molecule has 1 amide bonds. The van der Waals surface area contributed by atoms with Crippen LogP contribution in [0.3, 0.4) is 0 Å².